The predicted octanol–water partition coefficient (Wildman–Crippen LogP) is -7.94. The molecule has 12 N–H and O–H groups in total. The van der Waals surface area contributed by atoms with Crippen LogP contribution in [-0.4, -0.2) is 174 Å². The molecular weight excluding hydrogens is 472 g/mol. The van der Waals surface area contributed by atoms with E-state index in [4.69, 9.17) is 24.1 Å². The van der Waals surface area contributed by atoms with Gasteiger partial charge < -0.3 is 80.2 Å². The Kier molecular flexibility index (Phi) is 11.4. The van der Waals surface area contributed by atoms with Crippen LogP contribution in [0.25, 0.3) is 0 Å². The van der Waals surface area contributed by atoms with Crippen molar-refractivity contribution >= 4 is 0 Å². The molecule has 16 heteroatoms. The van der Waals surface area contributed by atoms with Crippen LogP contribution in [0.15, 0.2) is 0 Å². The highest BCUT2D eigenvalue weighted by atomic mass is 16.7. The van der Waals surface area contributed by atoms with E-state index in [1.165, 1.54) is 0 Å². The summed E-state index contributed by atoms with van der Waals surface area (Å²) in [6.45, 7) is -3.25. The highest BCUT2D eigenvalue weighted by Crippen LogP contribution is 2.29. The van der Waals surface area contributed by atoms with Gasteiger partial charge in [0.1, 0.15) is 73.2 Å². The Bertz CT molecular complexity index is 596. The number of aliphatic hydroxyl groups excluding tert-OH is 12. The van der Waals surface area contributed by atoms with Crippen LogP contribution >= 0.6 is 0 Å². The quantitative estimate of drug-likeness (QED) is 0.124. The van der Waals surface area contributed by atoms with Gasteiger partial charge in [0.05, 0.1) is 26.4 Å². The van der Waals surface area contributed by atoms with Crippen molar-refractivity contribution in [3.05, 3.63) is 0 Å². The molecule has 2 heterocycles. The van der Waals surface area contributed by atoms with E-state index in [2.05, 4.69) is 0 Å². The van der Waals surface area contributed by atoms with Gasteiger partial charge >= 0.3 is 0 Å². The summed E-state index contributed by atoms with van der Waals surface area (Å²) in [4.78, 5) is 0. The molecule has 2 rings (SSSR count). The first kappa shape index (κ1) is 29.6. The molecule has 2 saturated heterocycles. The van der Waals surface area contributed by atoms with Crippen LogP contribution in [-0.2, 0) is 18.9 Å². The molecule has 5 unspecified atom stereocenters. The number of ether oxygens (including phenoxy) is 4. The lowest BCUT2D eigenvalue weighted by Crippen LogP contribution is -2.65. The van der Waals surface area contributed by atoms with Crippen LogP contribution in [0.1, 0.15) is 0 Å². The molecule has 0 radical (unpaired) electrons. The van der Waals surface area contributed by atoms with Gasteiger partial charge in [-0.15, -0.1) is 0 Å². The van der Waals surface area contributed by atoms with Crippen molar-refractivity contribution in [3.63, 3.8) is 0 Å². The zero-order chi connectivity index (χ0) is 25.7. The van der Waals surface area contributed by atoms with Gasteiger partial charge in [-0.1, -0.05) is 0 Å². The fraction of sp³-hybridized carbons (Fsp3) is 1.00. The van der Waals surface area contributed by atoms with Gasteiger partial charge in [0.25, 0.3) is 0 Å². The molecule has 2 aliphatic heterocycles. The highest BCUT2D eigenvalue weighted by molar-refractivity contribution is 4.94. The van der Waals surface area contributed by atoms with Crippen molar-refractivity contribution in [1.29, 1.82) is 0 Å². The van der Waals surface area contributed by atoms with E-state index in [0.717, 1.165) is 0 Å². The van der Waals surface area contributed by atoms with Gasteiger partial charge in [-0.2, -0.15) is 0 Å². The van der Waals surface area contributed by atoms with E-state index >= 15 is 0 Å². The predicted molar refractivity (Wildman–Crippen MR) is 103 cm³/mol. The molecule has 0 saturated carbocycles. The van der Waals surface area contributed by atoms with Crippen molar-refractivity contribution in [2.45, 2.75) is 85.8 Å². The minimum Gasteiger partial charge on any atom is -0.394 e. The average Bonchev–Trinajstić information content (AvgIpc) is 2.84. The van der Waals surface area contributed by atoms with E-state index in [0.29, 0.717) is 0 Å². The Hall–Kier alpha value is -0.640. The minimum atomic E-state index is -1.97. The van der Waals surface area contributed by atoms with E-state index < -0.39 is 112 Å². The summed E-state index contributed by atoms with van der Waals surface area (Å²) in [7, 11) is 0. The van der Waals surface area contributed by atoms with Crippen LogP contribution in [0, 0.1) is 0 Å². The SMILES string of the molecule is OCC(O)[C@@H](O)[C@H](O)[C@H](O)CO[C@H]1OC(CO)[C@@H](O)[C@H](O[C@@H]2OC(CO)[C@H](O)[C@H](O)C2O)C1O. The fourth-order valence-corrected chi connectivity index (χ4v) is 3.54. The Balaban J connectivity index is 2.08. The molecule has 16 nitrogen and oxygen atoms in total. The maximum absolute atomic E-state index is 10.6. The van der Waals surface area contributed by atoms with Crippen molar-refractivity contribution in [3.8, 4) is 0 Å². The zero-order valence-corrected chi connectivity index (χ0v) is 17.9. The first-order valence-corrected chi connectivity index (χ1v) is 10.5. The molecule has 14 atom stereocenters. The maximum Gasteiger partial charge on any atom is 0.187 e. The van der Waals surface area contributed by atoms with Crippen LogP contribution < -0.4 is 0 Å². The lowest BCUT2D eigenvalue weighted by molar-refractivity contribution is -0.361. The third kappa shape index (κ3) is 6.56. The van der Waals surface area contributed by atoms with Gasteiger partial charge in [-0.3, -0.25) is 0 Å². The number of hydrogen-bond donors (Lipinski definition) is 12. The summed E-state index contributed by atoms with van der Waals surface area (Å²) >= 11 is 0. The molecule has 0 spiro atoms. The molecular formula is C18H34O16. The van der Waals surface area contributed by atoms with Crippen LogP contribution in [0.2, 0.25) is 0 Å². The fourth-order valence-electron chi connectivity index (χ4n) is 3.54. The van der Waals surface area contributed by atoms with Gasteiger partial charge in [0.15, 0.2) is 12.6 Å². The molecule has 2 fully saturated rings. The van der Waals surface area contributed by atoms with Crippen molar-refractivity contribution in [2.75, 3.05) is 26.4 Å². The summed E-state index contributed by atoms with van der Waals surface area (Å²) in [5.41, 5.74) is 0. The third-order valence-corrected chi connectivity index (χ3v) is 5.72. The van der Waals surface area contributed by atoms with Crippen LogP contribution in [0.3, 0.4) is 0 Å². The Labute approximate surface area is 193 Å². The van der Waals surface area contributed by atoms with Gasteiger partial charge in [-0.25, -0.2) is 0 Å². The molecule has 0 aromatic heterocycles. The standard InChI is InChI=1S/C18H34O16/c19-1-5(22)9(24)10(25)6(23)4-31-17-15(30)16(12(27)8(3-21)32-17)34-18-14(29)13(28)11(26)7(2-20)33-18/h5-30H,1-4H2/t5?,6-,7?,8?,9-,10-,11+,12-,13+,14?,15?,16+,17+,18+/m1/s1. The lowest BCUT2D eigenvalue weighted by Gasteiger charge is -2.46. The van der Waals surface area contributed by atoms with Crippen LogP contribution in [0.5, 0.6) is 0 Å². The summed E-state index contributed by atoms with van der Waals surface area (Å²) in [6.07, 6.45) is -24.3. The highest BCUT2D eigenvalue weighted by Gasteiger charge is 2.51. The number of hydrogen-bond acceptors (Lipinski definition) is 16. The average molecular weight is 506 g/mol. The molecule has 202 valence electrons. The second-order valence-corrected chi connectivity index (χ2v) is 8.14. The normalized spacial score (nSPS) is 42.7. The Morgan fingerprint density at radius 3 is 1.71 bits per heavy atom. The third-order valence-electron chi connectivity index (χ3n) is 5.72. The summed E-state index contributed by atoms with van der Waals surface area (Å²) < 4.78 is 21.0. The van der Waals surface area contributed by atoms with Gasteiger partial charge in [-0.05, 0) is 0 Å². The first-order valence-electron chi connectivity index (χ1n) is 10.5. The summed E-state index contributed by atoms with van der Waals surface area (Å²) in [5, 5.41) is 117. The smallest absolute Gasteiger partial charge is 0.187 e. The van der Waals surface area contributed by atoms with E-state index in [9.17, 15) is 56.2 Å². The maximum atomic E-state index is 10.6. The van der Waals surface area contributed by atoms with E-state index in [-0.39, 0.29) is 0 Å². The van der Waals surface area contributed by atoms with Gasteiger partial charge in [0, 0.05) is 0 Å². The van der Waals surface area contributed by atoms with Gasteiger partial charge in [0.2, 0.25) is 0 Å². The van der Waals surface area contributed by atoms with Crippen LogP contribution in [0.4, 0.5) is 0 Å². The molecule has 0 amide bonds. The largest absolute Gasteiger partial charge is 0.394 e. The Morgan fingerprint density at radius 2 is 1.15 bits per heavy atom. The molecule has 0 bridgehead atoms. The Morgan fingerprint density at radius 1 is 0.618 bits per heavy atom. The van der Waals surface area contributed by atoms with E-state index in [1.807, 2.05) is 0 Å². The lowest BCUT2D eigenvalue weighted by atomic mass is 9.97. The van der Waals surface area contributed by atoms with E-state index in [1.54, 1.807) is 0 Å². The summed E-state index contributed by atoms with van der Waals surface area (Å²) in [5.74, 6) is 0. The molecule has 0 aliphatic carbocycles. The topological polar surface area (TPSA) is 280 Å². The first-order chi connectivity index (χ1) is 16.0. The number of aliphatic hydroxyl groups is 12. The second-order valence-electron chi connectivity index (χ2n) is 8.14. The zero-order valence-electron chi connectivity index (χ0n) is 17.9. The molecule has 0 aromatic carbocycles. The van der Waals surface area contributed by atoms with Crippen molar-refractivity contribution < 1.29 is 80.2 Å². The molecule has 2 aliphatic rings. The summed E-state index contributed by atoms with van der Waals surface area (Å²) in [6, 6.07) is 0. The minimum absolute atomic E-state index is 0.758. The number of rotatable bonds is 11. The molecule has 0 aromatic rings. The second kappa shape index (κ2) is 13.1. The van der Waals surface area contributed by atoms with Crippen molar-refractivity contribution in [2.24, 2.45) is 0 Å². The monoisotopic (exact) mass is 506 g/mol. The van der Waals surface area contributed by atoms with Crippen molar-refractivity contribution in [1.82, 2.24) is 0 Å². The molecule has 34 heavy (non-hydrogen) atoms.